The number of rotatable bonds is 5. The highest BCUT2D eigenvalue weighted by Gasteiger charge is 2.22. The van der Waals surface area contributed by atoms with E-state index in [9.17, 15) is 13.2 Å². The van der Waals surface area contributed by atoms with Crippen molar-refractivity contribution in [2.45, 2.75) is 18.4 Å². The third-order valence-electron chi connectivity index (χ3n) is 4.16. The molecule has 6 nitrogen and oxygen atoms in total. The molecule has 9 heteroatoms. The normalized spacial score (nSPS) is 11.6. The van der Waals surface area contributed by atoms with Gasteiger partial charge in [0.25, 0.3) is 10.0 Å². The fourth-order valence-electron chi connectivity index (χ4n) is 2.79. The first-order valence-corrected chi connectivity index (χ1v) is 10.1. The molecule has 1 aromatic heterocycles. The molecule has 1 N–H and O–H groups in total. The van der Waals surface area contributed by atoms with E-state index < -0.39 is 16.0 Å². The van der Waals surface area contributed by atoms with E-state index in [4.69, 9.17) is 27.9 Å². The maximum atomic E-state index is 12.8. The second-order valence-corrected chi connectivity index (χ2v) is 8.40. The number of nitrogens with one attached hydrogen (secondary N) is 1. The number of aromatic nitrogens is 1. The third kappa shape index (κ3) is 3.90. The fraction of sp³-hybridized carbons (Fsp3) is 0.167. The van der Waals surface area contributed by atoms with Gasteiger partial charge in [0.2, 0.25) is 0 Å². The highest BCUT2D eigenvalue weighted by atomic mass is 35.5. The Morgan fingerprint density at radius 3 is 2.37 bits per heavy atom. The van der Waals surface area contributed by atoms with Crippen LogP contribution < -0.4 is 4.72 Å². The van der Waals surface area contributed by atoms with Gasteiger partial charge in [0.05, 0.1) is 23.2 Å². The van der Waals surface area contributed by atoms with Crippen LogP contribution in [0, 0.1) is 6.92 Å². The number of carbonyl (C=O) groups excluding carboxylic acids is 1. The van der Waals surface area contributed by atoms with Crippen LogP contribution in [0.2, 0.25) is 10.0 Å². The molecular formula is C18H16Cl2N2O4S. The van der Waals surface area contributed by atoms with Crippen LogP contribution in [0.3, 0.4) is 0 Å². The predicted molar refractivity (Wildman–Crippen MR) is 106 cm³/mol. The number of fused-ring (bicyclic) bond motifs is 1. The molecular weight excluding hydrogens is 411 g/mol. The van der Waals surface area contributed by atoms with Gasteiger partial charge in [-0.2, -0.15) is 0 Å². The van der Waals surface area contributed by atoms with E-state index in [0.717, 1.165) is 0 Å². The van der Waals surface area contributed by atoms with E-state index in [1.807, 2.05) is 0 Å². The monoisotopic (exact) mass is 426 g/mol. The van der Waals surface area contributed by atoms with Crippen molar-refractivity contribution < 1.29 is 17.9 Å². The lowest BCUT2D eigenvalue weighted by Crippen LogP contribution is -2.15. The zero-order chi connectivity index (χ0) is 19.8. The van der Waals surface area contributed by atoms with Crippen molar-refractivity contribution in [1.29, 1.82) is 0 Å². The van der Waals surface area contributed by atoms with Gasteiger partial charge in [0.15, 0.2) is 0 Å². The fourth-order valence-corrected chi connectivity index (χ4v) is 4.22. The summed E-state index contributed by atoms with van der Waals surface area (Å²) in [6.07, 6.45) is 0. The third-order valence-corrected chi connectivity index (χ3v) is 6.01. The van der Waals surface area contributed by atoms with Gasteiger partial charge in [-0.15, -0.1) is 0 Å². The summed E-state index contributed by atoms with van der Waals surface area (Å²) in [5.74, 6) is -0.447. The number of ether oxygens (including phenoxy) is 1. The quantitative estimate of drug-likeness (QED) is 0.619. The number of anilines is 1. The van der Waals surface area contributed by atoms with Crippen molar-refractivity contribution in [2.75, 3.05) is 11.8 Å². The molecule has 0 radical (unpaired) electrons. The van der Waals surface area contributed by atoms with Gasteiger partial charge in [-0.3, -0.25) is 9.52 Å². The van der Waals surface area contributed by atoms with Crippen LogP contribution in [0.5, 0.6) is 0 Å². The second kappa shape index (κ2) is 7.42. The molecule has 3 aromatic rings. The summed E-state index contributed by atoms with van der Waals surface area (Å²) in [5.41, 5.74) is 1.58. The Hall–Kier alpha value is -2.22. The first-order chi connectivity index (χ1) is 12.7. The Balaban J connectivity index is 2.13. The van der Waals surface area contributed by atoms with E-state index in [-0.39, 0.29) is 11.4 Å². The van der Waals surface area contributed by atoms with Crippen LogP contribution in [-0.2, 0) is 26.1 Å². The molecule has 0 atom stereocenters. The number of halogens is 2. The highest BCUT2D eigenvalue weighted by molar-refractivity contribution is 7.92. The molecule has 27 heavy (non-hydrogen) atoms. The molecule has 1 heterocycles. The molecule has 0 saturated heterocycles. The minimum Gasteiger partial charge on any atom is -0.468 e. The lowest BCUT2D eigenvalue weighted by Gasteiger charge is -2.10. The minimum atomic E-state index is -3.86. The lowest BCUT2D eigenvalue weighted by molar-refractivity contribution is -0.141. The van der Waals surface area contributed by atoms with E-state index in [1.165, 1.54) is 31.4 Å². The Bertz CT molecular complexity index is 1120. The molecule has 0 bridgehead atoms. The van der Waals surface area contributed by atoms with Gasteiger partial charge in [-0.1, -0.05) is 23.2 Å². The summed E-state index contributed by atoms with van der Waals surface area (Å²) in [7, 11) is -2.56. The average molecular weight is 427 g/mol. The number of hydrogen-bond acceptors (Lipinski definition) is 4. The smallest absolute Gasteiger partial charge is 0.325 e. The summed E-state index contributed by atoms with van der Waals surface area (Å²) in [6.45, 7) is 1.67. The maximum absolute atomic E-state index is 12.8. The van der Waals surface area contributed by atoms with Crippen LogP contribution >= 0.6 is 23.2 Å². The Morgan fingerprint density at radius 1 is 1.11 bits per heavy atom. The number of esters is 1. The molecule has 0 saturated carbocycles. The SMILES string of the molecule is COC(=O)Cn1c(C)c(NS(=O)(=O)c2ccc(Cl)cc2)c2cc(Cl)ccc21. The van der Waals surface area contributed by atoms with Gasteiger partial charge < -0.3 is 9.30 Å². The largest absolute Gasteiger partial charge is 0.468 e. The van der Waals surface area contributed by atoms with Crippen molar-refractivity contribution >= 4 is 55.8 Å². The van der Waals surface area contributed by atoms with Crippen molar-refractivity contribution in [1.82, 2.24) is 4.57 Å². The molecule has 0 amide bonds. The van der Waals surface area contributed by atoms with Crippen LogP contribution in [-0.4, -0.2) is 26.1 Å². The Morgan fingerprint density at radius 2 is 1.74 bits per heavy atom. The van der Waals surface area contributed by atoms with Gasteiger partial charge in [-0.25, -0.2) is 8.42 Å². The van der Waals surface area contributed by atoms with Gasteiger partial charge >= 0.3 is 5.97 Å². The number of hydrogen-bond donors (Lipinski definition) is 1. The van der Waals surface area contributed by atoms with Gasteiger partial charge in [0, 0.05) is 21.1 Å². The first-order valence-electron chi connectivity index (χ1n) is 7.86. The van der Waals surface area contributed by atoms with Crippen LogP contribution in [0.1, 0.15) is 5.69 Å². The van der Waals surface area contributed by atoms with E-state index >= 15 is 0 Å². The van der Waals surface area contributed by atoms with E-state index in [1.54, 1.807) is 29.7 Å². The zero-order valence-corrected chi connectivity index (χ0v) is 16.8. The molecule has 2 aromatic carbocycles. The van der Waals surface area contributed by atoms with E-state index in [2.05, 4.69) is 4.72 Å². The summed E-state index contributed by atoms with van der Waals surface area (Å²) in [5, 5.41) is 1.47. The number of benzene rings is 2. The molecule has 0 spiro atoms. The van der Waals surface area contributed by atoms with Crippen molar-refractivity contribution in [2.24, 2.45) is 0 Å². The first kappa shape index (κ1) is 19.5. The molecule has 3 rings (SSSR count). The Labute approximate surface area is 166 Å². The number of carbonyl (C=O) groups is 1. The lowest BCUT2D eigenvalue weighted by atomic mass is 10.2. The molecule has 0 fully saturated rings. The standard InChI is InChI=1S/C18H16Cl2N2O4S/c1-11-18(21-27(24,25)14-6-3-12(19)4-7-14)15-9-13(20)5-8-16(15)22(11)10-17(23)26-2/h3-9,21H,10H2,1-2H3. The minimum absolute atomic E-state index is 0.0524. The average Bonchev–Trinajstić information content (AvgIpc) is 2.86. The van der Waals surface area contributed by atoms with Crippen LogP contribution in [0.4, 0.5) is 5.69 Å². The molecule has 0 aliphatic carbocycles. The van der Waals surface area contributed by atoms with Crippen molar-refractivity contribution in [3.05, 3.63) is 58.2 Å². The van der Waals surface area contributed by atoms with Gasteiger partial charge in [-0.05, 0) is 49.4 Å². The Kier molecular flexibility index (Phi) is 5.37. The summed E-state index contributed by atoms with van der Waals surface area (Å²) < 4.78 is 34.6. The topological polar surface area (TPSA) is 77.4 Å². The second-order valence-electron chi connectivity index (χ2n) is 5.84. The van der Waals surface area contributed by atoms with E-state index in [0.29, 0.717) is 32.3 Å². The molecule has 142 valence electrons. The summed E-state index contributed by atoms with van der Waals surface area (Å²) in [4.78, 5) is 11.8. The van der Waals surface area contributed by atoms with Crippen molar-refractivity contribution in [3.8, 4) is 0 Å². The van der Waals surface area contributed by atoms with Gasteiger partial charge in [0.1, 0.15) is 6.54 Å². The maximum Gasteiger partial charge on any atom is 0.325 e. The van der Waals surface area contributed by atoms with Crippen molar-refractivity contribution in [3.63, 3.8) is 0 Å². The zero-order valence-electron chi connectivity index (χ0n) is 14.5. The van der Waals surface area contributed by atoms with Crippen LogP contribution in [0.25, 0.3) is 10.9 Å². The van der Waals surface area contributed by atoms with Crippen LogP contribution in [0.15, 0.2) is 47.4 Å². The number of sulfonamides is 1. The molecule has 0 aliphatic heterocycles. The summed E-state index contributed by atoms with van der Waals surface area (Å²) in [6, 6.07) is 10.9. The molecule has 0 unspecified atom stereocenters. The number of nitrogens with zero attached hydrogens (tertiary/aromatic N) is 1. The predicted octanol–water partition coefficient (Wildman–Crippen LogP) is 4.23. The summed E-state index contributed by atoms with van der Waals surface area (Å²) >= 11 is 11.9. The number of methoxy groups -OCH3 is 1. The highest BCUT2D eigenvalue weighted by Crippen LogP contribution is 2.34. The molecule has 0 aliphatic rings.